The smallest absolute Gasteiger partial charge is 0.274 e. The normalized spacial score (nSPS) is 29.3. The Kier molecular flexibility index (Phi) is 9.38. The van der Waals surface area contributed by atoms with Gasteiger partial charge in [-0.15, -0.1) is 0 Å². The van der Waals surface area contributed by atoms with Crippen LogP contribution in [0.3, 0.4) is 0 Å². The molecule has 0 bridgehead atoms. The van der Waals surface area contributed by atoms with Gasteiger partial charge in [-0.2, -0.15) is 0 Å². The third-order valence-electron chi connectivity index (χ3n) is 10.9. The Hall–Kier alpha value is -3.28. The third kappa shape index (κ3) is 7.17. The molecule has 0 radical (unpaired) electrons. The molecule has 49 heavy (non-hydrogen) atoms. The second-order valence-corrected chi connectivity index (χ2v) is 18.1. The molecule has 2 aromatic carbocycles. The van der Waals surface area contributed by atoms with E-state index in [2.05, 4.69) is 15.8 Å². The highest BCUT2D eigenvalue weighted by molar-refractivity contribution is 7.91. The van der Waals surface area contributed by atoms with Crippen LogP contribution < -0.4 is 9.46 Å². The summed E-state index contributed by atoms with van der Waals surface area (Å²) in [7, 11) is -3.88. The molecule has 260 valence electrons. The number of para-hydroxylation sites is 1. The van der Waals surface area contributed by atoms with Gasteiger partial charge >= 0.3 is 0 Å². The van der Waals surface area contributed by atoms with Crippen molar-refractivity contribution in [2.75, 3.05) is 6.54 Å². The largest absolute Gasteiger partial charge is 0.465 e. The molecular formula is C37H42ClN3O6S2. The zero-order valence-corrected chi connectivity index (χ0v) is 30.0. The van der Waals surface area contributed by atoms with Gasteiger partial charge < -0.3 is 9.64 Å². The van der Waals surface area contributed by atoms with Crippen molar-refractivity contribution in [2.24, 2.45) is 17.3 Å². The van der Waals surface area contributed by atoms with Crippen molar-refractivity contribution in [1.82, 2.24) is 14.6 Å². The number of carbonyl (C=O) groups excluding carboxylic acids is 3. The molecule has 1 N–H and O–H groups in total. The van der Waals surface area contributed by atoms with Crippen LogP contribution in [0.4, 0.5) is 0 Å². The Morgan fingerprint density at radius 1 is 1.10 bits per heavy atom. The molecule has 0 unspecified atom stereocenters. The second kappa shape index (κ2) is 13.5. The second-order valence-electron chi connectivity index (χ2n) is 14.5. The highest BCUT2D eigenvalue weighted by Crippen LogP contribution is 2.57. The molecule has 3 fully saturated rings. The van der Waals surface area contributed by atoms with Crippen LogP contribution in [0.2, 0.25) is 5.02 Å². The molecule has 12 heteroatoms. The predicted molar refractivity (Wildman–Crippen MR) is 190 cm³/mol. The van der Waals surface area contributed by atoms with Crippen LogP contribution in [0, 0.1) is 17.3 Å². The van der Waals surface area contributed by atoms with Crippen LogP contribution in [-0.2, 0) is 30.8 Å². The lowest BCUT2D eigenvalue weighted by Crippen LogP contribution is -2.47. The summed E-state index contributed by atoms with van der Waals surface area (Å²) in [5.74, 6) is -1.57. The highest BCUT2D eigenvalue weighted by atomic mass is 35.5. The number of fused-ring (bicyclic) bond motifs is 3. The predicted octanol–water partition coefficient (Wildman–Crippen LogP) is 6.64. The van der Waals surface area contributed by atoms with E-state index in [4.69, 9.17) is 16.3 Å². The van der Waals surface area contributed by atoms with Gasteiger partial charge in [0.05, 0.1) is 33.0 Å². The maximum Gasteiger partial charge on any atom is 0.274 e. The summed E-state index contributed by atoms with van der Waals surface area (Å²) < 4.78 is 35.0. The molecule has 2 aliphatic carbocycles. The minimum Gasteiger partial charge on any atom is -0.465 e. The standard InChI is InChI=1S/C37H42ClN3O6S2/c1-36(17-18-36)49(45,46)40-34(44)37-21-26(37)10-6-4-2-3-5-9-25(19-24-13-15-27(38)16-14-24)33(43)41-23-28(20-30(41)31(42)22-37)47-35-39-29-11-7-8-12-32(29)48-35/h6-8,10-16,25-26,28,30H,2-5,9,17-23H2,1H3,(H,40,44)/b10-6-/t25-,26-,28-,30+,37-/m1/s1. The highest BCUT2D eigenvalue weighted by Gasteiger charge is 2.62. The van der Waals surface area contributed by atoms with Gasteiger partial charge in [-0.25, -0.2) is 13.4 Å². The van der Waals surface area contributed by atoms with Crippen LogP contribution in [0.15, 0.2) is 60.7 Å². The zero-order chi connectivity index (χ0) is 34.4. The number of Topliss-reactive ketones (excluding diaryl/α,β-unsaturated/α-hetero) is 1. The number of hydrogen-bond donors (Lipinski definition) is 1. The van der Waals surface area contributed by atoms with Crippen molar-refractivity contribution in [3.63, 3.8) is 0 Å². The number of allylic oxidation sites excluding steroid dienone is 2. The van der Waals surface area contributed by atoms with E-state index < -0.39 is 38.2 Å². The summed E-state index contributed by atoms with van der Waals surface area (Å²) in [6.07, 6.45) is 9.81. The summed E-state index contributed by atoms with van der Waals surface area (Å²) in [6.45, 7) is 1.86. The number of ether oxygens (including phenoxy) is 1. The molecule has 2 aliphatic heterocycles. The number of nitrogens with zero attached hydrogens (tertiary/aromatic N) is 2. The SMILES string of the molecule is CC1(S(=O)(=O)NC(=O)[C@]23CC(=O)[C@@H]4C[C@@H](Oc5nc6ccccc6s5)CN4C(=O)[C@@H](Cc4ccc(Cl)cc4)CCCCC/C=C\[C@@H]2C3)CC1. The lowest BCUT2D eigenvalue weighted by molar-refractivity contribution is -0.142. The van der Waals surface area contributed by atoms with Gasteiger partial charge in [0.25, 0.3) is 5.19 Å². The molecule has 9 nitrogen and oxygen atoms in total. The quantitative estimate of drug-likeness (QED) is 0.271. The molecule has 2 amide bonds. The van der Waals surface area contributed by atoms with Crippen LogP contribution in [-0.4, -0.2) is 59.3 Å². The van der Waals surface area contributed by atoms with E-state index in [0.29, 0.717) is 42.3 Å². The number of hydrogen-bond acceptors (Lipinski definition) is 8. The Morgan fingerprint density at radius 3 is 2.63 bits per heavy atom. The molecule has 5 atom stereocenters. The molecule has 3 aromatic rings. The molecule has 2 saturated carbocycles. The maximum absolute atomic E-state index is 14.5. The van der Waals surface area contributed by atoms with Crippen LogP contribution in [0.5, 0.6) is 5.19 Å². The summed E-state index contributed by atoms with van der Waals surface area (Å²) in [6, 6.07) is 14.5. The van der Waals surface area contributed by atoms with E-state index in [0.717, 1.165) is 41.5 Å². The zero-order valence-electron chi connectivity index (χ0n) is 27.6. The van der Waals surface area contributed by atoms with E-state index in [9.17, 15) is 22.8 Å². The molecular weight excluding hydrogens is 682 g/mol. The number of halogens is 1. The van der Waals surface area contributed by atoms with E-state index in [-0.39, 0.29) is 42.9 Å². The van der Waals surface area contributed by atoms with Gasteiger partial charge in [-0.1, -0.05) is 72.2 Å². The van der Waals surface area contributed by atoms with Crippen molar-refractivity contribution in [2.45, 2.75) is 94.4 Å². The van der Waals surface area contributed by atoms with Gasteiger partial charge in [-0.05, 0) is 87.6 Å². The first-order valence-electron chi connectivity index (χ1n) is 17.3. The van der Waals surface area contributed by atoms with Crippen molar-refractivity contribution in [3.05, 3.63) is 71.3 Å². The first-order chi connectivity index (χ1) is 23.5. The number of benzene rings is 2. The van der Waals surface area contributed by atoms with Gasteiger partial charge in [0, 0.05) is 23.8 Å². The van der Waals surface area contributed by atoms with E-state index in [1.54, 1.807) is 11.8 Å². The fourth-order valence-electron chi connectivity index (χ4n) is 7.37. The molecule has 0 spiro atoms. The van der Waals surface area contributed by atoms with Crippen LogP contribution >= 0.6 is 22.9 Å². The fourth-order valence-corrected chi connectivity index (χ4v) is 9.71. The minimum absolute atomic E-state index is 0.105. The lowest BCUT2D eigenvalue weighted by atomic mass is 9.90. The number of ketones is 1. The summed E-state index contributed by atoms with van der Waals surface area (Å²) >= 11 is 7.58. The Morgan fingerprint density at radius 2 is 1.88 bits per heavy atom. The van der Waals surface area contributed by atoms with Crippen LogP contribution in [0.25, 0.3) is 10.2 Å². The number of aromatic nitrogens is 1. The maximum atomic E-state index is 14.5. The number of nitrogens with one attached hydrogen (secondary N) is 1. The average molecular weight is 724 g/mol. The van der Waals surface area contributed by atoms with E-state index >= 15 is 0 Å². The van der Waals surface area contributed by atoms with Crippen molar-refractivity contribution in [1.29, 1.82) is 0 Å². The molecule has 3 heterocycles. The molecule has 1 aromatic heterocycles. The Bertz CT molecular complexity index is 1860. The topological polar surface area (TPSA) is 123 Å². The molecule has 7 rings (SSSR count). The van der Waals surface area contributed by atoms with Gasteiger partial charge in [0.1, 0.15) is 6.10 Å². The number of thiazole rings is 1. The number of amides is 2. The summed E-state index contributed by atoms with van der Waals surface area (Å²) in [5.41, 5.74) is 0.645. The monoisotopic (exact) mass is 723 g/mol. The van der Waals surface area contributed by atoms with Crippen molar-refractivity contribution >= 4 is 60.8 Å². The fraction of sp³-hybridized carbons (Fsp3) is 0.514. The Balaban J connectivity index is 1.18. The van der Waals surface area contributed by atoms with Gasteiger partial charge in [0.15, 0.2) is 5.78 Å². The average Bonchev–Trinajstić information content (AvgIpc) is 3.88. The molecule has 4 aliphatic rings. The third-order valence-corrected chi connectivity index (χ3v) is 14.2. The van der Waals surface area contributed by atoms with Crippen molar-refractivity contribution < 1.29 is 27.5 Å². The minimum atomic E-state index is -3.88. The van der Waals surface area contributed by atoms with Gasteiger partial charge in [0.2, 0.25) is 21.8 Å². The summed E-state index contributed by atoms with van der Waals surface area (Å²) in [4.78, 5) is 49.1. The number of sulfonamides is 1. The first-order valence-corrected chi connectivity index (χ1v) is 20.0. The van der Waals surface area contributed by atoms with Gasteiger partial charge in [-0.3, -0.25) is 19.1 Å². The molecule has 1 saturated heterocycles. The van der Waals surface area contributed by atoms with E-state index in [1.165, 1.54) is 11.3 Å². The number of rotatable bonds is 7. The Labute approximate surface area is 296 Å². The van der Waals surface area contributed by atoms with Crippen LogP contribution in [0.1, 0.15) is 76.7 Å². The first kappa shape index (κ1) is 34.2. The van der Waals surface area contributed by atoms with E-state index in [1.807, 2.05) is 54.6 Å². The van der Waals surface area contributed by atoms with Crippen molar-refractivity contribution in [3.8, 4) is 5.19 Å². The summed E-state index contributed by atoms with van der Waals surface area (Å²) in [5, 5.41) is 1.11. The lowest BCUT2D eigenvalue weighted by Gasteiger charge is -2.29. The number of carbonyl (C=O) groups is 3.